The van der Waals surface area contributed by atoms with Crippen molar-refractivity contribution in [2.24, 2.45) is 11.5 Å². The standard InChI is InChI=1S/C22H24Br2N6O8S2/c23-17-19(29-11-1-3-13(27-7-5-25)15(9-11)39(33,34)35)21(31)18(24)20(22(17)32)30-12-2-4-14(28-8-6-26)16(10-12)40(36,37)38/h1-4,9-10,27-30H,5-8,25-26H2,(H,33,34,35)(H,36,37,38). The van der Waals surface area contributed by atoms with Crippen molar-refractivity contribution in [3.05, 3.63) is 56.8 Å². The van der Waals surface area contributed by atoms with Gasteiger partial charge in [-0.2, -0.15) is 16.8 Å². The number of carbonyl (C=O) groups is 2. The normalized spacial score (nSPS) is 14.4. The Bertz CT molecular complexity index is 1520. The minimum atomic E-state index is -4.66. The number of benzene rings is 2. The summed E-state index contributed by atoms with van der Waals surface area (Å²) >= 11 is 6.18. The van der Waals surface area contributed by atoms with Gasteiger partial charge in [0.1, 0.15) is 21.2 Å². The molecule has 18 heteroatoms. The molecule has 1 aliphatic carbocycles. The van der Waals surface area contributed by atoms with Crippen LogP contribution >= 0.6 is 31.9 Å². The zero-order valence-electron chi connectivity index (χ0n) is 20.4. The number of ketones is 2. The highest BCUT2D eigenvalue weighted by molar-refractivity contribution is 9.12. The Morgan fingerprint density at radius 3 is 1.32 bits per heavy atom. The van der Waals surface area contributed by atoms with E-state index in [0.29, 0.717) is 0 Å². The lowest BCUT2D eigenvalue weighted by molar-refractivity contribution is -0.115. The molecule has 2 aromatic rings. The van der Waals surface area contributed by atoms with E-state index in [4.69, 9.17) is 11.5 Å². The second-order valence-corrected chi connectivity index (χ2v) is 12.5. The van der Waals surface area contributed by atoms with Gasteiger partial charge in [-0.3, -0.25) is 18.7 Å². The smallest absolute Gasteiger partial charge is 0.296 e. The molecule has 0 aromatic heterocycles. The van der Waals surface area contributed by atoms with Crippen LogP contribution in [0.1, 0.15) is 0 Å². The lowest BCUT2D eigenvalue weighted by Crippen LogP contribution is -2.27. The molecule has 0 bridgehead atoms. The molecule has 3 rings (SSSR count). The summed E-state index contributed by atoms with van der Waals surface area (Å²) in [6.45, 7) is 0.853. The van der Waals surface area contributed by atoms with E-state index in [2.05, 4.69) is 53.1 Å². The number of Topliss-reactive ketones (excluding diaryl/α,β-unsaturated/α-hetero) is 2. The second kappa shape index (κ2) is 12.8. The third-order valence-electron chi connectivity index (χ3n) is 5.27. The van der Waals surface area contributed by atoms with Gasteiger partial charge in [0.05, 0.1) is 20.3 Å². The lowest BCUT2D eigenvalue weighted by atomic mass is 10.1. The van der Waals surface area contributed by atoms with E-state index in [1.807, 2.05) is 0 Å². The molecule has 0 heterocycles. The fraction of sp³-hybridized carbons (Fsp3) is 0.182. The molecular formula is C22H24Br2N6O8S2. The molecule has 0 aliphatic heterocycles. The van der Waals surface area contributed by atoms with Crippen LogP contribution in [0.4, 0.5) is 22.7 Å². The highest BCUT2D eigenvalue weighted by Crippen LogP contribution is 2.35. The number of rotatable bonds is 12. The van der Waals surface area contributed by atoms with Crippen molar-refractivity contribution in [1.29, 1.82) is 0 Å². The second-order valence-electron chi connectivity index (χ2n) is 8.09. The Kier molecular flexibility index (Phi) is 10.1. The van der Waals surface area contributed by atoms with Gasteiger partial charge in [0.2, 0.25) is 11.6 Å². The summed E-state index contributed by atoms with van der Waals surface area (Å²) in [6.07, 6.45) is 0. The van der Waals surface area contributed by atoms with Crippen LogP contribution in [0.15, 0.2) is 66.5 Å². The van der Waals surface area contributed by atoms with Crippen LogP contribution < -0.4 is 32.7 Å². The van der Waals surface area contributed by atoms with E-state index in [1.54, 1.807) is 0 Å². The maximum Gasteiger partial charge on any atom is 0.296 e. The summed E-state index contributed by atoms with van der Waals surface area (Å²) in [5.41, 5.74) is 10.7. The number of nitrogens with one attached hydrogen (secondary N) is 4. The molecule has 0 unspecified atom stereocenters. The molecule has 0 saturated carbocycles. The van der Waals surface area contributed by atoms with Crippen LogP contribution in [0, 0.1) is 0 Å². The molecular weight excluding hydrogens is 700 g/mol. The number of carbonyl (C=O) groups excluding carboxylic acids is 2. The Labute approximate surface area is 246 Å². The van der Waals surface area contributed by atoms with Crippen molar-refractivity contribution in [2.75, 3.05) is 47.4 Å². The topological polar surface area (TPSA) is 243 Å². The fourth-order valence-electron chi connectivity index (χ4n) is 3.49. The number of hydrogen-bond acceptors (Lipinski definition) is 12. The molecule has 0 radical (unpaired) electrons. The van der Waals surface area contributed by atoms with E-state index in [-0.39, 0.29) is 69.3 Å². The first-order chi connectivity index (χ1) is 18.7. The van der Waals surface area contributed by atoms with Crippen LogP contribution in [0.25, 0.3) is 0 Å². The highest BCUT2D eigenvalue weighted by Gasteiger charge is 2.33. The van der Waals surface area contributed by atoms with Crippen LogP contribution in [-0.2, 0) is 29.8 Å². The minimum absolute atomic E-state index is 0.0640. The number of anilines is 4. The van der Waals surface area contributed by atoms with Crippen molar-refractivity contribution in [3.63, 3.8) is 0 Å². The zero-order chi connectivity index (χ0) is 29.8. The van der Waals surface area contributed by atoms with Gasteiger partial charge < -0.3 is 32.7 Å². The summed E-state index contributed by atoms with van der Waals surface area (Å²) in [6, 6.07) is 7.67. The largest absolute Gasteiger partial charge is 0.383 e. The average Bonchev–Trinajstić information content (AvgIpc) is 2.89. The third kappa shape index (κ3) is 7.26. The van der Waals surface area contributed by atoms with Crippen molar-refractivity contribution in [3.8, 4) is 0 Å². The van der Waals surface area contributed by atoms with Gasteiger partial charge in [-0.25, -0.2) is 0 Å². The van der Waals surface area contributed by atoms with E-state index in [9.17, 15) is 35.5 Å². The molecule has 0 spiro atoms. The van der Waals surface area contributed by atoms with Crippen molar-refractivity contribution in [2.45, 2.75) is 9.79 Å². The van der Waals surface area contributed by atoms with E-state index >= 15 is 0 Å². The molecule has 10 N–H and O–H groups in total. The first-order valence-electron chi connectivity index (χ1n) is 11.2. The van der Waals surface area contributed by atoms with Crippen molar-refractivity contribution >= 4 is 86.4 Å². The van der Waals surface area contributed by atoms with Crippen LogP contribution in [0.3, 0.4) is 0 Å². The fourth-order valence-corrected chi connectivity index (χ4v) is 5.83. The van der Waals surface area contributed by atoms with Crippen LogP contribution in [0.2, 0.25) is 0 Å². The molecule has 216 valence electrons. The first kappa shape index (κ1) is 31.7. The maximum absolute atomic E-state index is 13.2. The quantitative estimate of drug-likeness (QED) is 0.115. The molecule has 0 saturated heterocycles. The predicted molar refractivity (Wildman–Crippen MR) is 157 cm³/mol. The van der Waals surface area contributed by atoms with E-state index < -0.39 is 41.6 Å². The molecule has 0 atom stereocenters. The summed E-state index contributed by atoms with van der Waals surface area (Å²) in [5, 5.41) is 10.9. The van der Waals surface area contributed by atoms with Crippen molar-refractivity contribution < 1.29 is 35.5 Å². The Morgan fingerprint density at radius 2 is 1.02 bits per heavy atom. The van der Waals surface area contributed by atoms with Crippen LogP contribution in [-0.4, -0.2) is 63.7 Å². The number of halogens is 2. The van der Waals surface area contributed by atoms with Gasteiger partial charge >= 0.3 is 0 Å². The third-order valence-corrected chi connectivity index (χ3v) is 8.57. The average molecular weight is 724 g/mol. The zero-order valence-corrected chi connectivity index (χ0v) is 25.2. The van der Waals surface area contributed by atoms with Crippen molar-refractivity contribution in [1.82, 2.24) is 0 Å². The lowest BCUT2D eigenvalue weighted by Gasteiger charge is -2.21. The molecule has 2 aromatic carbocycles. The Hall–Kier alpha value is -2.84. The van der Waals surface area contributed by atoms with Gasteiger partial charge in [0, 0.05) is 37.6 Å². The molecule has 40 heavy (non-hydrogen) atoms. The van der Waals surface area contributed by atoms with Gasteiger partial charge in [-0.05, 0) is 68.3 Å². The molecule has 0 fully saturated rings. The molecule has 14 nitrogen and oxygen atoms in total. The van der Waals surface area contributed by atoms with Gasteiger partial charge in [-0.1, -0.05) is 0 Å². The predicted octanol–water partition coefficient (Wildman–Crippen LogP) is 1.81. The van der Waals surface area contributed by atoms with Gasteiger partial charge in [0.15, 0.2) is 0 Å². The molecule has 0 amide bonds. The van der Waals surface area contributed by atoms with Crippen LogP contribution in [0.5, 0.6) is 0 Å². The summed E-state index contributed by atoms with van der Waals surface area (Å²) in [7, 11) is -9.33. The minimum Gasteiger partial charge on any atom is -0.383 e. The first-order valence-corrected chi connectivity index (χ1v) is 15.7. The number of allylic oxidation sites excluding steroid dienone is 2. The monoisotopic (exact) mass is 722 g/mol. The summed E-state index contributed by atoms with van der Waals surface area (Å²) < 4.78 is 66.4. The van der Waals surface area contributed by atoms with Gasteiger partial charge in [-0.15, -0.1) is 0 Å². The Morgan fingerprint density at radius 1 is 0.675 bits per heavy atom. The summed E-state index contributed by atoms with van der Waals surface area (Å²) in [5.74, 6) is -1.44. The maximum atomic E-state index is 13.2. The Balaban J connectivity index is 1.94. The van der Waals surface area contributed by atoms with E-state index in [0.717, 1.165) is 12.1 Å². The van der Waals surface area contributed by atoms with Gasteiger partial charge in [0.25, 0.3) is 20.2 Å². The highest BCUT2D eigenvalue weighted by atomic mass is 79.9. The SMILES string of the molecule is NCCNc1ccc(NC2=C(Br)C(=O)C(Nc3ccc(NCCN)c(S(=O)(=O)O)c3)=C(Br)C2=O)cc1S(=O)(=O)O. The summed E-state index contributed by atoms with van der Waals surface area (Å²) in [4.78, 5) is 25.4. The van der Waals surface area contributed by atoms with E-state index in [1.165, 1.54) is 24.3 Å². The number of hydrogen-bond donors (Lipinski definition) is 8. The number of nitrogens with two attached hydrogens (primary N) is 2. The molecule has 1 aliphatic rings.